The SMILES string of the molecule is CCC(C)CCc1ccc(C)cc1C. The van der Waals surface area contributed by atoms with Crippen molar-refractivity contribution in [2.24, 2.45) is 5.92 Å². The normalized spacial score (nSPS) is 12.9. The first kappa shape index (κ1) is 11.3. The van der Waals surface area contributed by atoms with Gasteiger partial charge in [-0.15, -0.1) is 0 Å². The maximum absolute atomic E-state index is 2.34. The average molecular weight is 190 g/mol. The maximum atomic E-state index is 2.34. The highest BCUT2D eigenvalue weighted by Crippen LogP contribution is 2.16. The molecule has 0 heterocycles. The molecule has 0 aliphatic heterocycles. The molecule has 0 aliphatic carbocycles. The van der Waals surface area contributed by atoms with E-state index in [1.165, 1.54) is 36.0 Å². The van der Waals surface area contributed by atoms with E-state index in [1.807, 2.05) is 0 Å². The standard InChI is InChI=1S/C14H22/c1-5-11(2)6-8-14-9-7-12(3)10-13(14)4/h7,9-11H,5-6,8H2,1-4H3. The van der Waals surface area contributed by atoms with Crippen molar-refractivity contribution in [3.8, 4) is 0 Å². The third-order valence-electron chi connectivity index (χ3n) is 3.10. The molecule has 0 nitrogen and oxygen atoms in total. The summed E-state index contributed by atoms with van der Waals surface area (Å²) in [4.78, 5) is 0. The molecule has 0 aromatic heterocycles. The van der Waals surface area contributed by atoms with Gasteiger partial charge >= 0.3 is 0 Å². The molecule has 0 saturated heterocycles. The molecular formula is C14H22. The lowest BCUT2D eigenvalue weighted by molar-refractivity contribution is 0.516. The molecule has 1 rings (SSSR count). The Balaban J connectivity index is 2.59. The molecule has 0 fully saturated rings. The van der Waals surface area contributed by atoms with Gasteiger partial charge in [0.1, 0.15) is 0 Å². The second-order valence-corrected chi connectivity index (χ2v) is 4.48. The fourth-order valence-electron chi connectivity index (χ4n) is 1.73. The molecule has 1 aromatic rings. The molecule has 1 aromatic carbocycles. The molecule has 0 saturated carbocycles. The van der Waals surface area contributed by atoms with Crippen molar-refractivity contribution in [2.45, 2.75) is 47.0 Å². The van der Waals surface area contributed by atoms with Crippen LogP contribution in [0.2, 0.25) is 0 Å². The van der Waals surface area contributed by atoms with E-state index in [9.17, 15) is 0 Å². The molecule has 0 spiro atoms. The van der Waals surface area contributed by atoms with Crippen molar-refractivity contribution in [3.63, 3.8) is 0 Å². The van der Waals surface area contributed by atoms with Crippen molar-refractivity contribution in [3.05, 3.63) is 34.9 Å². The molecular weight excluding hydrogens is 168 g/mol. The summed E-state index contributed by atoms with van der Waals surface area (Å²) in [6, 6.07) is 6.79. The summed E-state index contributed by atoms with van der Waals surface area (Å²) < 4.78 is 0. The highest BCUT2D eigenvalue weighted by atomic mass is 14.1. The summed E-state index contributed by atoms with van der Waals surface area (Å²) in [5.41, 5.74) is 4.35. The van der Waals surface area contributed by atoms with Crippen molar-refractivity contribution in [2.75, 3.05) is 0 Å². The largest absolute Gasteiger partial charge is 0.0651 e. The molecule has 0 bridgehead atoms. The minimum atomic E-state index is 0.857. The monoisotopic (exact) mass is 190 g/mol. The van der Waals surface area contributed by atoms with Crippen molar-refractivity contribution >= 4 is 0 Å². The van der Waals surface area contributed by atoms with E-state index in [4.69, 9.17) is 0 Å². The maximum Gasteiger partial charge on any atom is -0.0274 e. The lowest BCUT2D eigenvalue weighted by Gasteiger charge is -2.10. The van der Waals surface area contributed by atoms with Crippen LogP contribution in [-0.2, 0) is 6.42 Å². The van der Waals surface area contributed by atoms with E-state index < -0.39 is 0 Å². The highest BCUT2D eigenvalue weighted by molar-refractivity contribution is 5.30. The van der Waals surface area contributed by atoms with Crippen LogP contribution in [-0.4, -0.2) is 0 Å². The predicted molar refractivity (Wildman–Crippen MR) is 63.7 cm³/mol. The van der Waals surface area contributed by atoms with Gasteiger partial charge in [0, 0.05) is 0 Å². The molecule has 14 heavy (non-hydrogen) atoms. The first-order chi connectivity index (χ1) is 6.63. The van der Waals surface area contributed by atoms with E-state index in [0.29, 0.717) is 0 Å². The van der Waals surface area contributed by atoms with Crippen LogP contribution >= 0.6 is 0 Å². The average Bonchev–Trinajstić information content (AvgIpc) is 2.16. The Bertz CT molecular complexity index is 286. The van der Waals surface area contributed by atoms with Gasteiger partial charge in [-0.3, -0.25) is 0 Å². The first-order valence-electron chi connectivity index (χ1n) is 5.69. The van der Waals surface area contributed by atoms with Crippen LogP contribution in [0.3, 0.4) is 0 Å². The zero-order chi connectivity index (χ0) is 10.6. The van der Waals surface area contributed by atoms with Gasteiger partial charge in [-0.1, -0.05) is 44.0 Å². The molecule has 78 valence electrons. The van der Waals surface area contributed by atoms with Gasteiger partial charge in [0.15, 0.2) is 0 Å². The molecule has 0 amide bonds. The van der Waals surface area contributed by atoms with Crippen LogP contribution in [0.25, 0.3) is 0 Å². The van der Waals surface area contributed by atoms with E-state index in [1.54, 1.807) is 0 Å². The van der Waals surface area contributed by atoms with Gasteiger partial charge in [-0.25, -0.2) is 0 Å². The lowest BCUT2D eigenvalue weighted by atomic mass is 9.96. The molecule has 0 radical (unpaired) electrons. The fourth-order valence-corrected chi connectivity index (χ4v) is 1.73. The summed E-state index contributed by atoms with van der Waals surface area (Å²) in [7, 11) is 0. The van der Waals surface area contributed by atoms with Gasteiger partial charge in [-0.2, -0.15) is 0 Å². The van der Waals surface area contributed by atoms with Gasteiger partial charge < -0.3 is 0 Å². The summed E-state index contributed by atoms with van der Waals surface area (Å²) in [5, 5.41) is 0. The van der Waals surface area contributed by atoms with E-state index in [2.05, 4.69) is 45.9 Å². The van der Waals surface area contributed by atoms with E-state index >= 15 is 0 Å². The van der Waals surface area contributed by atoms with Crippen LogP contribution < -0.4 is 0 Å². The van der Waals surface area contributed by atoms with Crippen molar-refractivity contribution < 1.29 is 0 Å². The number of benzene rings is 1. The molecule has 0 N–H and O–H groups in total. The molecule has 1 atom stereocenters. The van der Waals surface area contributed by atoms with Crippen molar-refractivity contribution in [1.82, 2.24) is 0 Å². The molecule has 0 aliphatic rings. The topological polar surface area (TPSA) is 0 Å². The molecule has 1 unspecified atom stereocenters. The summed E-state index contributed by atoms with van der Waals surface area (Å²) in [6.45, 7) is 8.99. The number of rotatable bonds is 4. The summed E-state index contributed by atoms with van der Waals surface area (Å²) in [5.74, 6) is 0.857. The highest BCUT2D eigenvalue weighted by Gasteiger charge is 2.02. The third kappa shape index (κ3) is 3.17. The minimum absolute atomic E-state index is 0.857. The third-order valence-corrected chi connectivity index (χ3v) is 3.10. The Morgan fingerprint density at radius 3 is 2.50 bits per heavy atom. The van der Waals surface area contributed by atoms with Gasteiger partial charge in [0.05, 0.1) is 0 Å². The van der Waals surface area contributed by atoms with E-state index in [-0.39, 0.29) is 0 Å². The quantitative estimate of drug-likeness (QED) is 0.664. The Morgan fingerprint density at radius 2 is 1.93 bits per heavy atom. The minimum Gasteiger partial charge on any atom is -0.0651 e. The molecule has 0 heteroatoms. The van der Waals surface area contributed by atoms with Crippen LogP contribution in [0.5, 0.6) is 0 Å². The second kappa shape index (κ2) is 5.19. The summed E-state index contributed by atoms with van der Waals surface area (Å²) in [6.07, 6.45) is 3.85. The summed E-state index contributed by atoms with van der Waals surface area (Å²) >= 11 is 0. The smallest absolute Gasteiger partial charge is 0.0274 e. The van der Waals surface area contributed by atoms with Crippen LogP contribution in [0.1, 0.15) is 43.4 Å². The van der Waals surface area contributed by atoms with Gasteiger partial charge in [0.2, 0.25) is 0 Å². The Morgan fingerprint density at radius 1 is 1.21 bits per heavy atom. The number of hydrogen-bond donors (Lipinski definition) is 0. The second-order valence-electron chi connectivity index (χ2n) is 4.48. The zero-order valence-electron chi connectivity index (χ0n) is 9.93. The Labute approximate surface area is 88.4 Å². The number of aryl methyl sites for hydroxylation is 3. The van der Waals surface area contributed by atoms with Crippen LogP contribution in [0, 0.1) is 19.8 Å². The number of hydrogen-bond acceptors (Lipinski definition) is 0. The van der Waals surface area contributed by atoms with E-state index in [0.717, 1.165) is 5.92 Å². The van der Waals surface area contributed by atoms with Crippen LogP contribution in [0.4, 0.5) is 0 Å². The lowest BCUT2D eigenvalue weighted by Crippen LogP contribution is -1.97. The Hall–Kier alpha value is -0.780. The van der Waals surface area contributed by atoms with Crippen LogP contribution in [0.15, 0.2) is 18.2 Å². The van der Waals surface area contributed by atoms with Gasteiger partial charge in [-0.05, 0) is 43.7 Å². The predicted octanol–water partition coefficient (Wildman–Crippen LogP) is 4.28. The van der Waals surface area contributed by atoms with Crippen molar-refractivity contribution in [1.29, 1.82) is 0 Å². The van der Waals surface area contributed by atoms with Gasteiger partial charge in [0.25, 0.3) is 0 Å². The Kier molecular flexibility index (Phi) is 4.19. The zero-order valence-corrected chi connectivity index (χ0v) is 9.93. The first-order valence-corrected chi connectivity index (χ1v) is 5.69. The fraction of sp³-hybridized carbons (Fsp3) is 0.571.